The van der Waals surface area contributed by atoms with Crippen molar-refractivity contribution >= 4 is 5.97 Å². The fraction of sp³-hybridized carbons (Fsp3) is 0.364. The number of nitrogens with zero attached hydrogens (tertiary/aromatic N) is 2. The maximum Gasteiger partial charge on any atom is 0.307 e. The van der Waals surface area contributed by atoms with E-state index in [-0.39, 0.29) is 12.4 Å². The van der Waals surface area contributed by atoms with Crippen LogP contribution < -0.4 is 0 Å². The molecule has 0 aliphatic rings. The highest BCUT2D eigenvalue weighted by molar-refractivity contribution is 5.71. The minimum atomic E-state index is -0.523. The molecule has 0 bridgehead atoms. The number of hydrogen-bond acceptors (Lipinski definition) is 4. The molecule has 1 aromatic heterocycles. The monoisotopic (exact) mass is 204 g/mol. The number of hydrogen-bond donors (Lipinski definition) is 0. The molecule has 0 radical (unpaired) electrons. The van der Waals surface area contributed by atoms with E-state index in [2.05, 4.69) is 4.98 Å². The average Bonchev–Trinajstić information content (AvgIpc) is 2.27. The molecule has 1 atom stereocenters. The summed E-state index contributed by atoms with van der Waals surface area (Å²) in [6, 6.07) is 7.33. The van der Waals surface area contributed by atoms with Crippen LogP contribution in [0.1, 0.15) is 25.0 Å². The molecular weight excluding hydrogens is 192 g/mol. The summed E-state index contributed by atoms with van der Waals surface area (Å²) < 4.78 is 4.78. The SMILES string of the molecule is CCOC(=O)CC(C#N)c1ccccn1. The lowest BCUT2D eigenvalue weighted by molar-refractivity contribution is -0.143. The molecule has 0 aliphatic heterocycles. The largest absolute Gasteiger partial charge is 0.466 e. The van der Waals surface area contributed by atoms with Gasteiger partial charge in [0, 0.05) is 6.20 Å². The lowest BCUT2D eigenvalue weighted by Crippen LogP contribution is -2.10. The van der Waals surface area contributed by atoms with Crippen molar-refractivity contribution in [1.29, 1.82) is 5.26 Å². The fourth-order valence-corrected chi connectivity index (χ4v) is 1.19. The van der Waals surface area contributed by atoms with Crippen LogP contribution in [0.25, 0.3) is 0 Å². The molecule has 1 aromatic rings. The van der Waals surface area contributed by atoms with E-state index in [0.29, 0.717) is 12.3 Å². The van der Waals surface area contributed by atoms with E-state index in [1.165, 1.54) is 0 Å². The summed E-state index contributed by atoms with van der Waals surface area (Å²) >= 11 is 0. The van der Waals surface area contributed by atoms with E-state index in [0.717, 1.165) is 0 Å². The normalized spacial score (nSPS) is 11.5. The van der Waals surface area contributed by atoms with Crippen LogP contribution >= 0.6 is 0 Å². The predicted octanol–water partition coefficient (Wildman–Crippen LogP) is 1.64. The summed E-state index contributed by atoms with van der Waals surface area (Å²) in [5, 5.41) is 8.90. The van der Waals surface area contributed by atoms with Gasteiger partial charge in [0.15, 0.2) is 0 Å². The number of nitriles is 1. The van der Waals surface area contributed by atoms with Gasteiger partial charge in [0.2, 0.25) is 0 Å². The standard InChI is InChI=1S/C11H12N2O2/c1-2-15-11(14)7-9(8-12)10-5-3-4-6-13-10/h3-6,9H,2,7H2,1H3. The average molecular weight is 204 g/mol. The lowest BCUT2D eigenvalue weighted by Gasteiger charge is -2.07. The van der Waals surface area contributed by atoms with Gasteiger partial charge in [0.25, 0.3) is 0 Å². The van der Waals surface area contributed by atoms with Crippen molar-refractivity contribution in [3.8, 4) is 6.07 Å². The Bertz CT molecular complexity index is 357. The van der Waals surface area contributed by atoms with Gasteiger partial charge in [-0.25, -0.2) is 0 Å². The zero-order valence-electron chi connectivity index (χ0n) is 8.51. The number of carbonyl (C=O) groups is 1. The maximum absolute atomic E-state index is 11.2. The van der Waals surface area contributed by atoms with E-state index in [4.69, 9.17) is 10.00 Å². The lowest BCUT2D eigenvalue weighted by atomic mass is 10.0. The second-order valence-corrected chi connectivity index (χ2v) is 2.95. The highest BCUT2D eigenvalue weighted by atomic mass is 16.5. The van der Waals surface area contributed by atoms with Gasteiger partial charge in [-0.1, -0.05) is 6.07 Å². The first kappa shape index (κ1) is 11.2. The number of pyridine rings is 1. The topological polar surface area (TPSA) is 63.0 Å². The van der Waals surface area contributed by atoms with Crippen molar-refractivity contribution in [2.75, 3.05) is 6.61 Å². The highest BCUT2D eigenvalue weighted by Gasteiger charge is 2.16. The van der Waals surface area contributed by atoms with Crippen LogP contribution in [0.4, 0.5) is 0 Å². The number of carbonyl (C=O) groups excluding carboxylic acids is 1. The van der Waals surface area contributed by atoms with Gasteiger partial charge in [0.1, 0.15) is 0 Å². The maximum atomic E-state index is 11.2. The zero-order chi connectivity index (χ0) is 11.1. The second-order valence-electron chi connectivity index (χ2n) is 2.95. The Kier molecular flexibility index (Phi) is 4.30. The Morgan fingerprint density at radius 1 is 1.67 bits per heavy atom. The minimum Gasteiger partial charge on any atom is -0.466 e. The molecular formula is C11H12N2O2. The third-order valence-corrected chi connectivity index (χ3v) is 1.88. The Hall–Kier alpha value is -1.89. The third-order valence-electron chi connectivity index (χ3n) is 1.88. The highest BCUT2D eigenvalue weighted by Crippen LogP contribution is 2.16. The smallest absolute Gasteiger partial charge is 0.307 e. The third kappa shape index (κ3) is 3.39. The molecule has 4 heteroatoms. The number of rotatable bonds is 4. The molecule has 0 aliphatic carbocycles. The van der Waals surface area contributed by atoms with Crippen molar-refractivity contribution in [3.05, 3.63) is 30.1 Å². The quantitative estimate of drug-likeness (QED) is 0.699. The van der Waals surface area contributed by atoms with Crippen LogP contribution in [-0.4, -0.2) is 17.6 Å². The van der Waals surface area contributed by atoms with Crippen molar-refractivity contribution in [2.24, 2.45) is 0 Å². The molecule has 0 saturated carbocycles. The molecule has 0 saturated heterocycles. The number of ether oxygens (including phenoxy) is 1. The summed E-state index contributed by atoms with van der Waals surface area (Å²) in [6.45, 7) is 2.07. The van der Waals surface area contributed by atoms with Crippen LogP contribution in [0.5, 0.6) is 0 Å². The predicted molar refractivity (Wildman–Crippen MR) is 53.8 cm³/mol. The van der Waals surface area contributed by atoms with E-state index in [1.54, 1.807) is 31.3 Å². The van der Waals surface area contributed by atoms with Crippen molar-refractivity contribution in [2.45, 2.75) is 19.3 Å². The first-order chi connectivity index (χ1) is 7.27. The summed E-state index contributed by atoms with van der Waals surface area (Å²) in [6.07, 6.45) is 1.66. The van der Waals surface area contributed by atoms with Gasteiger partial charge in [-0.3, -0.25) is 9.78 Å². The van der Waals surface area contributed by atoms with Gasteiger partial charge in [0.05, 0.1) is 30.7 Å². The van der Waals surface area contributed by atoms with Crippen LogP contribution in [0.2, 0.25) is 0 Å². The summed E-state index contributed by atoms with van der Waals surface area (Å²) in [5.41, 5.74) is 0.605. The van der Waals surface area contributed by atoms with E-state index in [9.17, 15) is 4.79 Å². The Labute approximate surface area is 88.5 Å². The number of aromatic nitrogens is 1. The molecule has 1 heterocycles. The molecule has 0 amide bonds. The molecule has 4 nitrogen and oxygen atoms in total. The molecule has 78 valence electrons. The van der Waals surface area contributed by atoms with Gasteiger partial charge in [-0.2, -0.15) is 5.26 Å². The summed E-state index contributed by atoms with van der Waals surface area (Å²) in [5.74, 6) is -0.889. The van der Waals surface area contributed by atoms with Crippen molar-refractivity contribution in [3.63, 3.8) is 0 Å². The van der Waals surface area contributed by atoms with Gasteiger partial charge in [-0.15, -0.1) is 0 Å². The van der Waals surface area contributed by atoms with Gasteiger partial charge >= 0.3 is 5.97 Å². The van der Waals surface area contributed by atoms with Gasteiger partial charge < -0.3 is 4.74 Å². The molecule has 1 rings (SSSR count). The first-order valence-corrected chi connectivity index (χ1v) is 4.74. The Balaban J connectivity index is 2.66. The van der Waals surface area contributed by atoms with Gasteiger partial charge in [-0.05, 0) is 19.1 Å². The van der Waals surface area contributed by atoms with Crippen LogP contribution in [0.3, 0.4) is 0 Å². The minimum absolute atomic E-state index is 0.0569. The van der Waals surface area contributed by atoms with E-state index in [1.807, 2.05) is 6.07 Å². The second kappa shape index (κ2) is 5.76. The van der Waals surface area contributed by atoms with Crippen LogP contribution in [-0.2, 0) is 9.53 Å². The molecule has 0 aromatic carbocycles. The van der Waals surface area contributed by atoms with E-state index < -0.39 is 5.92 Å². The van der Waals surface area contributed by atoms with Crippen LogP contribution in [0.15, 0.2) is 24.4 Å². The molecule has 1 unspecified atom stereocenters. The number of esters is 1. The molecule has 0 N–H and O–H groups in total. The Morgan fingerprint density at radius 3 is 3.00 bits per heavy atom. The van der Waals surface area contributed by atoms with E-state index >= 15 is 0 Å². The Morgan fingerprint density at radius 2 is 2.47 bits per heavy atom. The zero-order valence-corrected chi connectivity index (χ0v) is 8.51. The summed E-state index contributed by atoms with van der Waals surface area (Å²) in [7, 11) is 0. The summed E-state index contributed by atoms with van der Waals surface area (Å²) in [4.78, 5) is 15.2. The van der Waals surface area contributed by atoms with Crippen molar-refractivity contribution in [1.82, 2.24) is 4.98 Å². The van der Waals surface area contributed by atoms with Crippen LogP contribution in [0, 0.1) is 11.3 Å². The molecule has 0 fully saturated rings. The van der Waals surface area contributed by atoms with Crippen molar-refractivity contribution < 1.29 is 9.53 Å². The molecule has 0 spiro atoms. The molecule has 15 heavy (non-hydrogen) atoms. The fourth-order valence-electron chi connectivity index (χ4n) is 1.19. The first-order valence-electron chi connectivity index (χ1n) is 4.74.